The van der Waals surface area contributed by atoms with Gasteiger partial charge in [-0.3, -0.25) is 0 Å². The topological polar surface area (TPSA) is 9.23 Å². The molecule has 5 heteroatoms. The van der Waals surface area contributed by atoms with E-state index in [0.29, 0.717) is 17.7 Å². The maximum atomic E-state index is 13.8. The Labute approximate surface area is 128 Å². The molecular weight excluding hydrogens is 345 g/mol. The van der Waals surface area contributed by atoms with Crippen LogP contribution in [0, 0.1) is 17.5 Å². The first-order valence-corrected chi connectivity index (χ1v) is 7.45. The summed E-state index contributed by atoms with van der Waals surface area (Å²) < 4.78 is 46.3. The summed E-state index contributed by atoms with van der Waals surface area (Å²) in [5.74, 6) is -1.94. The van der Waals surface area contributed by atoms with Crippen molar-refractivity contribution in [3.05, 3.63) is 64.5 Å². The molecule has 0 radical (unpaired) electrons. The van der Waals surface area contributed by atoms with Crippen LogP contribution in [-0.4, -0.2) is 6.10 Å². The van der Waals surface area contributed by atoms with Gasteiger partial charge >= 0.3 is 0 Å². The third kappa shape index (κ3) is 2.67. The highest BCUT2D eigenvalue weighted by molar-refractivity contribution is 9.09. The second-order valence-electron chi connectivity index (χ2n) is 5.15. The summed E-state index contributed by atoms with van der Waals surface area (Å²) in [5.41, 5.74) is 1.52. The monoisotopic (exact) mass is 356 g/mol. The molecule has 0 saturated carbocycles. The zero-order valence-corrected chi connectivity index (χ0v) is 12.8. The summed E-state index contributed by atoms with van der Waals surface area (Å²) in [6.07, 6.45) is 0.861. The van der Waals surface area contributed by atoms with Crippen LogP contribution in [0.2, 0.25) is 0 Å². The van der Waals surface area contributed by atoms with E-state index in [9.17, 15) is 13.2 Å². The number of alkyl halides is 1. The predicted octanol–water partition coefficient (Wildman–Crippen LogP) is 4.91. The number of fused-ring (bicyclic) bond motifs is 1. The second-order valence-corrected chi connectivity index (χ2v) is 6.06. The van der Waals surface area contributed by atoms with E-state index in [2.05, 4.69) is 15.9 Å². The largest absolute Gasteiger partial charge is 0.490 e. The predicted molar refractivity (Wildman–Crippen MR) is 77.3 cm³/mol. The number of halogens is 4. The van der Waals surface area contributed by atoms with Crippen molar-refractivity contribution >= 4 is 15.9 Å². The molecule has 2 aromatic carbocycles. The van der Waals surface area contributed by atoms with Crippen molar-refractivity contribution in [3.63, 3.8) is 0 Å². The van der Waals surface area contributed by atoms with Gasteiger partial charge in [-0.2, -0.15) is 0 Å². The number of benzene rings is 2. The quantitative estimate of drug-likeness (QED) is 0.694. The van der Waals surface area contributed by atoms with E-state index in [4.69, 9.17) is 4.74 Å². The van der Waals surface area contributed by atoms with Gasteiger partial charge in [-0.15, -0.1) is 0 Å². The average Bonchev–Trinajstić information content (AvgIpc) is 2.76. The molecule has 110 valence electrons. The van der Waals surface area contributed by atoms with Crippen LogP contribution in [0.25, 0.3) is 0 Å². The molecule has 0 aliphatic carbocycles. The lowest BCUT2D eigenvalue weighted by Gasteiger charge is -2.14. The van der Waals surface area contributed by atoms with E-state index in [-0.39, 0.29) is 11.7 Å². The molecule has 0 aromatic heterocycles. The van der Waals surface area contributed by atoms with Crippen molar-refractivity contribution in [3.8, 4) is 5.75 Å². The Hall–Kier alpha value is -1.49. The van der Waals surface area contributed by atoms with Crippen molar-refractivity contribution in [1.29, 1.82) is 0 Å². The van der Waals surface area contributed by atoms with Gasteiger partial charge in [0.2, 0.25) is 0 Å². The van der Waals surface area contributed by atoms with Gasteiger partial charge in [0, 0.05) is 24.1 Å². The molecule has 3 rings (SSSR count). The zero-order valence-electron chi connectivity index (χ0n) is 11.2. The van der Waals surface area contributed by atoms with Crippen LogP contribution in [0.4, 0.5) is 13.2 Å². The van der Waals surface area contributed by atoms with E-state index in [1.807, 2.05) is 13.0 Å². The average molecular weight is 357 g/mol. The summed E-state index contributed by atoms with van der Waals surface area (Å²) in [4.78, 5) is -0.681. The Bertz CT molecular complexity index is 679. The first-order chi connectivity index (χ1) is 9.95. The molecule has 1 heterocycles. The van der Waals surface area contributed by atoms with Gasteiger partial charge in [-0.1, -0.05) is 28.1 Å². The van der Waals surface area contributed by atoms with Gasteiger partial charge in [0.1, 0.15) is 29.3 Å². The molecule has 0 spiro atoms. The minimum Gasteiger partial charge on any atom is -0.490 e. The first-order valence-electron chi connectivity index (χ1n) is 6.53. The number of ether oxygens (including phenoxy) is 1. The molecule has 0 bridgehead atoms. The molecular formula is C16H12BrF3O. The fourth-order valence-corrected chi connectivity index (χ4v) is 3.28. The number of hydrogen-bond acceptors (Lipinski definition) is 1. The van der Waals surface area contributed by atoms with Gasteiger partial charge in [0.05, 0.1) is 4.83 Å². The van der Waals surface area contributed by atoms with Crippen molar-refractivity contribution in [1.82, 2.24) is 0 Å². The zero-order chi connectivity index (χ0) is 15.1. The molecule has 21 heavy (non-hydrogen) atoms. The Kier molecular flexibility index (Phi) is 3.69. The third-order valence-electron chi connectivity index (χ3n) is 3.51. The summed E-state index contributed by atoms with van der Waals surface area (Å²) in [6.45, 7) is 1.96. The van der Waals surface area contributed by atoms with Gasteiger partial charge in [0.25, 0.3) is 0 Å². The van der Waals surface area contributed by atoms with Gasteiger partial charge in [-0.25, -0.2) is 13.2 Å². The molecule has 0 fully saturated rings. The maximum absolute atomic E-state index is 13.8. The Balaban J connectivity index is 2.00. The van der Waals surface area contributed by atoms with E-state index in [1.165, 1.54) is 0 Å². The fourth-order valence-electron chi connectivity index (χ4n) is 2.56. The highest BCUT2D eigenvalue weighted by Crippen LogP contribution is 2.38. The summed E-state index contributed by atoms with van der Waals surface area (Å²) in [7, 11) is 0. The van der Waals surface area contributed by atoms with E-state index >= 15 is 0 Å². The third-order valence-corrected chi connectivity index (χ3v) is 4.50. The maximum Gasteiger partial charge on any atom is 0.133 e. The first kappa shape index (κ1) is 14.4. The van der Waals surface area contributed by atoms with Crippen LogP contribution in [0.3, 0.4) is 0 Å². The van der Waals surface area contributed by atoms with Gasteiger partial charge < -0.3 is 4.74 Å². The molecule has 0 amide bonds. The fraction of sp³-hybridized carbons (Fsp3) is 0.250. The van der Waals surface area contributed by atoms with E-state index < -0.39 is 22.3 Å². The molecule has 2 unspecified atom stereocenters. The highest BCUT2D eigenvalue weighted by Gasteiger charge is 2.24. The second kappa shape index (κ2) is 5.37. The molecule has 0 saturated heterocycles. The van der Waals surface area contributed by atoms with Crippen LogP contribution >= 0.6 is 15.9 Å². The minimum absolute atomic E-state index is 0.100. The molecule has 1 nitrogen and oxygen atoms in total. The smallest absolute Gasteiger partial charge is 0.133 e. The summed E-state index contributed by atoms with van der Waals surface area (Å²) in [5, 5.41) is 0. The van der Waals surface area contributed by atoms with Crippen molar-refractivity contribution < 1.29 is 17.9 Å². The normalized spacial score (nSPS) is 18.2. The number of rotatable bonds is 2. The van der Waals surface area contributed by atoms with Crippen LogP contribution in [-0.2, 0) is 6.42 Å². The standard InChI is InChI=1S/C16H12BrF3O/c1-8-4-10-5-9(2-3-14(10)21-8)16(17)15-12(19)6-11(18)7-13(15)20/h2-3,5-8,16H,4H2,1H3. The van der Waals surface area contributed by atoms with Crippen molar-refractivity contribution in [2.24, 2.45) is 0 Å². The lowest BCUT2D eigenvalue weighted by atomic mass is 10.00. The molecule has 2 atom stereocenters. The van der Waals surface area contributed by atoms with Crippen LogP contribution in [0.1, 0.15) is 28.4 Å². The minimum atomic E-state index is -0.926. The van der Waals surface area contributed by atoms with E-state index in [0.717, 1.165) is 17.7 Å². The Morgan fingerprint density at radius 1 is 1.14 bits per heavy atom. The van der Waals surface area contributed by atoms with Crippen LogP contribution < -0.4 is 4.74 Å². The molecule has 2 aromatic rings. The Morgan fingerprint density at radius 2 is 1.81 bits per heavy atom. The summed E-state index contributed by atoms with van der Waals surface area (Å²) >= 11 is 3.30. The van der Waals surface area contributed by atoms with Crippen LogP contribution in [0.5, 0.6) is 5.75 Å². The lowest BCUT2D eigenvalue weighted by molar-refractivity contribution is 0.254. The van der Waals surface area contributed by atoms with Crippen molar-refractivity contribution in [2.75, 3.05) is 0 Å². The molecule has 1 aliphatic heterocycles. The van der Waals surface area contributed by atoms with Crippen LogP contribution in [0.15, 0.2) is 30.3 Å². The van der Waals surface area contributed by atoms with E-state index in [1.54, 1.807) is 12.1 Å². The molecule has 1 aliphatic rings. The molecule has 0 N–H and O–H groups in total. The lowest BCUT2D eigenvalue weighted by Crippen LogP contribution is -2.05. The highest BCUT2D eigenvalue weighted by atomic mass is 79.9. The number of hydrogen-bond donors (Lipinski definition) is 0. The summed E-state index contributed by atoms with van der Waals surface area (Å²) in [6, 6.07) is 6.78. The van der Waals surface area contributed by atoms with Crippen molar-refractivity contribution in [2.45, 2.75) is 24.3 Å². The van der Waals surface area contributed by atoms with Gasteiger partial charge in [0.15, 0.2) is 0 Å². The van der Waals surface area contributed by atoms with Gasteiger partial charge in [-0.05, 0) is 24.1 Å². The Morgan fingerprint density at radius 3 is 2.48 bits per heavy atom. The SMILES string of the molecule is CC1Cc2cc(C(Br)c3c(F)cc(F)cc3F)ccc2O1.